The van der Waals surface area contributed by atoms with Crippen LogP contribution >= 0.6 is 0 Å². The van der Waals surface area contributed by atoms with Gasteiger partial charge in [0.05, 0.1) is 6.10 Å². The molecule has 1 aromatic rings. The third-order valence-corrected chi connectivity index (χ3v) is 2.72. The van der Waals surface area contributed by atoms with E-state index in [0.717, 1.165) is 25.0 Å². The van der Waals surface area contributed by atoms with Crippen LogP contribution in [0.3, 0.4) is 0 Å². The number of nitrogens with one attached hydrogen (secondary N) is 2. The average Bonchev–Trinajstić information content (AvgIpc) is 2.88. The number of urea groups is 1. The molecule has 0 aliphatic carbocycles. The highest BCUT2D eigenvalue weighted by Gasteiger charge is 2.15. The molecule has 5 heteroatoms. The molecule has 2 amide bonds. The number of nitrogens with zero attached hydrogens (tertiary/aromatic N) is 1. The van der Waals surface area contributed by atoms with Crippen LogP contribution < -0.4 is 10.6 Å². The van der Waals surface area contributed by atoms with Crippen LogP contribution in [0, 0.1) is 0 Å². The van der Waals surface area contributed by atoms with Crippen molar-refractivity contribution in [1.29, 1.82) is 0 Å². The van der Waals surface area contributed by atoms with Crippen LogP contribution in [0.4, 0.5) is 4.79 Å². The van der Waals surface area contributed by atoms with Crippen LogP contribution in [0.25, 0.3) is 0 Å². The Bertz CT molecular complexity index is 350. The molecule has 0 spiro atoms. The normalized spacial score (nSPS) is 18.9. The Balaban J connectivity index is 1.64. The molecule has 1 unspecified atom stereocenters. The van der Waals surface area contributed by atoms with Gasteiger partial charge in [0.2, 0.25) is 0 Å². The van der Waals surface area contributed by atoms with Gasteiger partial charge in [-0.05, 0) is 30.5 Å². The highest BCUT2D eigenvalue weighted by atomic mass is 16.5. The minimum Gasteiger partial charge on any atom is -0.376 e. The largest absolute Gasteiger partial charge is 0.376 e. The number of ether oxygens (including phenoxy) is 1. The van der Waals surface area contributed by atoms with Crippen LogP contribution in [-0.4, -0.2) is 30.3 Å². The second kappa shape index (κ2) is 6.20. The molecule has 1 saturated heterocycles. The summed E-state index contributed by atoms with van der Waals surface area (Å²) in [7, 11) is 0. The fourth-order valence-corrected chi connectivity index (χ4v) is 1.76. The lowest BCUT2D eigenvalue weighted by molar-refractivity contribution is 0.111. The third kappa shape index (κ3) is 4.03. The number of rotatable bonds is 4. The molecule has 1 atom stereocenters. The molecular formula is C12H17N3O2. The predicted octanol–water partition coefficient (Wildman–Crippen LogP) is 1.06. The van der Waals surface area contributed by atoms with Crippen molar-refractivity contribution in [2.45, 2.75) is 25.5 Å². The van der Waals surface area contributed by atoms with Gasteiger partial charge in [-0.15, -0.1) is 0 Å². The molecule has 1 fully saturated rings. The first-order chi connectivity index (χ1) is 8.34. The molecule has 0 saturated carbocycles. The Hall–Kier alpha value is -1.62. The van der Waals surface area contributed by atoms with Crippen molar-refractivity contribution in [1.82, 2.24) is 15.6 Å². The zero-order chi connectivity index (χ0) is 11.9. The number of amides is 2. The van der Waals surface area contributed by atoms with Crippen molar-refractivity contribution < 1.29 is 9.53 Å². The molecule has 1 aromatic heterocycles. The standard InChI is InChI=1S/C12H17N3O2/c16-12(15-9-11-2-1-7-17-11)14-8-10-3-5-13-6-4-10/h3-6,11H,1-2,7-9H2,(H2,14,15,16). The van der Waals surface area contributed by atoms with Gasteiger partial charge in [-0.25, -0.2) is 4.79 Å². The van der Waals surface area contributed by atoms with Crippen LogP contribution in [0.5, 0.6) is 0 Å². The minimum atomic E-state index is -0.155. The number of carbonyl (C=O) groups is 1. The SMILES string of the molecule is O=C(NCc1ccncc1)NCC1CCCO1. The monoisotopic (exact) mass is 235 g/mol. The molecule has 92 valence electrons. The number of hydrogen-bond acceptors (Lipinski definition) is 3. The number of hydrogen-bond donors (Lipinski definition) is 2. The van der Waals surface area contributed by atoms with Crippen LogP contribution in [0.2, 0.25) is 0 Å². The molecular weight excluding hydrogens is 218 g/mol. The second-order valence-corrected chi connectivity index (χ2v) is 4.05. The van der Waals surface area contributed by atoms with Gasteiger partial charge in [0.25, 0.3) is 0 Å². The fraction of sp³-hybridized carbons (Fsp3) is 0.500. The quantitative estimate of drug-likeness (QED) is 0.820. The van der Waals surface area contributed by atoms with Crippen molar-refractivity contribution in [2.24, 2.45) is 0 Å². The Morgan fingerprint density at radius 1 is 1.41 bits per heavy atom. The van der Waals surface area contributed by atoms with E-state index < -0.39 is 0 Å². The van der Waals surface area contributed by atoms with Gasteiger partial charge >= 0.3 is 6.03 Å². The maximum Gasteiger partial charge on any atom is 0.315 e. The topological polar surface area (TPSA) is 63.2 Å². The Labute approximate surface area is 101 Å². The lowest BCUT2D eigenvalue weighted by Gasteiger charge is -2.11. The van der Waals surface area contributed by atoms with Gasteiger partial charge in [0, 0.05) is 32.1 Å². The van der Waals surface area contributed by atoms with Crippen LogP contribution in [-0.2, 0) is 11.3 Å². The summed E-state index contributed by atoms with van der Waals surface area (Å²) in [6, 6.07) is 3.60. The number of aromatic nitrogens is 1. The maximum absolute atomic E-state index is 11.5. The second-order valence-electron chi connectivity index (χ2n) is 4.05. The smallest absolute Gasteiger partial charge is 0.315 e. The van der Waals surface area contributed by atoms with Gasteiger partial charge in [-0.1, -0.05) is 0 Å². The van der Waals surface area contributed by atoms with Crippen molar-refractivity contribution in [3.05, 3.63) is 30.1 Å². The summed E-state index contributed by atoms with van der Waals surface area (Å²) in [5, 5.41) is 5.59. The minimum absolute atomic E-state index is 0.155. The van der Waals surface area contributed by atoms with Gasteiger partial charge in [-0.2, -0.15) is 0 Å². The van der Waals surface area contributed by atoms with Crippen LogP contribution in [0.1, 0.15) is 18.4 Å². The zero-order valence-electron chi connectivity index (χ0n) is 9.69. The molecule has 1 aliphatic rings. The van der Waals surface area contributed by atoms with E-state index in [0.29, 0.717) is 13.1 Å². The molecule has 17 heavy (non-hydrogen) atoms. The van der Waals surface area contributed by atoms with E-state index in [9.17, 15) is 4.79 Å². The van der Waals surface area contributed by atoms with Gasteiger partial charge < -0.3 is 15.4 Å². The Kier molecular flexibility index (Phi) is 4.32. The summed E-state index contributed by atoms with van der Waals surface area (Å²) < 4.78 is 5.42. The summed E-state index contributed by atoms with van der Waals surface area (Å²) in [6.07, 6.45) is 5.72. The maximum atomic E-state index is 11.5. The lowest BCUT2D eigenvalue weighted by atomic mass is 10.2. The molecule has 2 heterocycles. The molecule has 1 aliphatic heterocycles. The van der Waals surface area contributed by atoms with E-state index >= 15 is 0 Å². The van der Waals surface area contributed by atoms with E-state index in [-0.39, 0.29) is 12.1 Å². The predicted molar refractivity (Wildman–Crippen MR) is 63.4 cm³/mol. The highest BCUT2D eigenvalue weighted by Crippen LogP contribution is 2.10. The van der Waals surface area contributed by atoms with Crippen LogP contribution in [0.15, 0.2) is 24.5 Å². The molecule has 2 N–H and O–H groups in total. The van der Waals surface area contributed by atoms with Gasteiger partial charge in [0.15, 0.2) is 0 Å². The molecule has 5 nitrogen and oxygen atoms in total. The van der Waals surface area contributed by atoms with E-state index in [2.05, 4.69) is 15.6 Å². The van der Waals surface area contributed by atoms with Crippen molar-refractivity contribution in [2.75, 3.05) is 13.2 Å². The van der Waals surface area contributed by atoms with E-state index in [4.69, 9.17) is 4.74 Å². The number of pyridine rings is 1. The lowest BCUT2D eigenvalue weighted by Crippen LogP contribution is -2.39. The van der Waals surface area contributed by atoms with Gasteiger partial charge in [0.1, 0.15) is 0 Å². The van der Waals surface area contributed by atoms with E-state index in [1.165, 1.54) is 0 Å². The van der Waals surface area contributed by atoms with Crippen molar-refractivity contribution in [3.8, 4) is 0 Å². The highest BCUT2D eigenvalue weighted by molar-refractivity contribution is 5.73. The molecule has 0 aromatic carbocycles. The van der Waals surface area contributed by atoms with E-state index in [1.807, 2.05) is 12.1 Å². The zero-order valence-corrected chi connectivity index (χ0v) is 9.69. The summed E-state index contributed by atoms with van der Waals surface area (Å²) >= 11 is 0. The fourth-order valence-electron chi connectivity index (χ4n) is 1.76. The Morgan fingerprint density at radius 3 is 2.94 bits per heavy atom. The third-order valence-electron chi connectivity index (χ3n) is 2.72. The van der Waals surface area contributed by atoms with E-state index in [1.54, 1.807) is 12.4 Å². The average molecular weight is 235 g/mol. The molecule has 2 rings (SSSR count). The van der Waals surface area contributed by atoms with Crippen molar-refractivity contribution in [3.63, 3.8) is 0 Å². The summed E-state index contributed by atoms with van der Waals surface area (Å²) in [5.74, 6) is 0. The summed E-state index contributed by atoms with van der Waals surface area (Å²) in [4.78, 5) is 15.4. The first kappa shape index (κ1) is 11.9. The van der Waals surface area contributed by atoms with Crippen molar-refractivity contribution >= 4 is 6.03 Å². The first-order valence-corrected chi connectivity index (χ1v) is 5.87. The van der Waals surface area contributed by atoms with Gasteiger partial charge in [-0.3, -0.25) is 4.98 Å². The Morgan fingerprint density at radius 2 is 2.24 bits per heavy atom. The summed E-state index contributed by atoms with van der Waals surface area (Å²) in [6.45, 7) is 1.91. The first-order valence-electron chi connectivity index (χ1n) is 5.87. The molecule has 0 radical (unpaired) electrons. The summed E-state index contributed by atoms with van der Waals surface area (Å²) in [5.41, 5.74) is 1.03. The molecule has 0 bridgehead atoms. The number of carbonyl (C=O) groups excluding carboxylic acids is 1.